The zero-order chi connectivity index (χ0) is 19.1. The molecule has 0 aliphatic rings. The van der Waals surface area contributed by atoms with Gasteiger partial charge >= 0.3 is 11.9 Å². The molecule has 0 bridgehead atoms. The molecule has 2 aromatic rings. The van der Waals surface area contributed by atoms with Gasteiger partial charge in [-0.15, -0.1) is 0 Å². The molecule has 0 unspecified atom stereocenters. The van der Waals surface area contributed by atoms with Crippen LogP contribution in [-0.2, 0) is 30.3 Å². The Labute approximate surface area is 151 Å². The highest BCUT2D eigenvalue weighted by Crippen LogP contribution is 2.19. The van der Waals surface area contributed by atoms with E-state index in [-0.39, 0.29) is 25.2 Å². The lowest BCUT2D eigenvalue weighted by atomic mass is 10.0. The SMILES string of the molecule is COC(=O)[C@@H](N)CCC(=O)N[C@H](Cc1c[nH]c2ccccc12)C(=O)OC. The van der Waals surface area contributed by atoms with Crippen LogP contribution in [0.3, 0.4) is 0 Å². The van der Waals surface area contributed by atoms with Gasteiger partial charge in [-0.2, -0.15) is 0 Å². The molecule has 8 nitrogen and oxygen atoms in total. The van der Waals surface area contributed by atoms with Gasteiger partial charge in [-0.05, 0) is 18.1 Å². The fraction of sp³-hybridized carbons (Fsp3) is 0.389. The van der Waals surface area contributed by atoms with Crippen molar-refractivity contribution in [2.75, 3.05) is 14.2 Å². The Bertz CT molecular complexity index is 786. The van der Waals surface area contributed by atoms with Crippen molar-refractivity contribution in [2.45, 2.75) is 31.3 Å². The molecule has 1 amide bonds. The molecular formula is C18H23N3O5. The molecule has 0 aliphatic heterocycles. The first-order valence-corrected chi connectivity index (χ1v) is 8.21. The number of fused-ring (bicyclic) bond motifs is 1. The van der Waals surface area contributed by atoms with E-state index in [1.54, 1.807) is 6.20 Å². The number of esters is 2. The van der Waals surface area contributed by atoms with Crippen molar-refractivity contribution in [2.24, 2.45) is 5.73 Å². The molecule has 0 aliphatic carbocycles. The number of rotatable bonds is 8. The number of H-pyrrole nitrogens is 1. The zero-order valence-corrected chi connectivity index (χ0v) is 14.8. The standard InChI is InChI=1S/C18H23N3O5/c1-25-17(23)13(19)7-8-16(22)21-15(18(24)26-2)9-11-10-20-14-6-4-3-5-12(11)14/h3-6,10,13,15,20H,7-9,19H2,1-2H3,(H,21,22)/t13-,15+/m0/s1. The van der Waals surface area contributed by atoms with Gasteiger partial charge in [-0.25, -0.2) is 4.79 Å². The molecule has 1 aromatic carbocycles. The van der Waals surface area contributed by atoms with Crippen LogP contribution in [0.2, 0.25) is 0 Å². The van der Waals surface area contributed by atoms with Crippen molar-refractivity contribution in [3.63, 3.8) is 0 Å². The maximum atomic E-state index is 12.1. The monoisotopic (exact) mass is 361 g/mol. The predicted octanol–water partition coefficient (Wildman–Crippen LogP) is 0.649. The number of methoxy groups -OCH3 is 2. The molecule has 1 heterocycles. The molecule has 0 fully saturated rings. The van der Waals surface area contributed by atoms with E-state index >= 15 is 0 Å². The number of nitrogens with two attached hydrogens (primary N) is 1. The van der Waals surface area contributed by atoms with Crippen molar-refractivity contribution in [3.05, 3.63) is 36.0 Å². The lowest BCUT2D eigenvalue weighted by Crippen LogP contribution is -2.43. The minimum absolute atomic E-state index is 0.00234. The summed E-state index contributed by atoms with van der Waals surface area (Å²) in [5.41, 5.74) is 7.45. The fourth-order valence-corrected chi connectivity index (χ4v) is 2.68. The topological polar surface area (TPSA) is 124 Å². The Morgan fingerprint density at radius 3 is 2.54 bits per heavy atom. The number of aromatic amines is 1. The molecule has 0 spiro atoms. The summed E-state index contributed by atoms with van der Waals surface area (Å²) in [7, 11) is 2.50. The second-order valence-corrected chi connectivity index (χ2v) is 5.88. The highest BCUT2D eigenvalue weighted by molar-refractivity contribution is 5.87. The van der Waals surface area contributed by atoms with Gasteiger partial charge in [0.2, 0.25) is 5.91 Å². The molecule has 4 N–H and O–H groups in total. The highest BCUT2D eigenvalue weighted by atomic mass is 16.5. The summed E-state index contributed by atoms with van der Waals surface area (Å²) >= 11 is 0. The Morgan fingerprint density at radius 2 is 1.85 bits per heavy atom. The van der Waals surface area contributed by atoms with Crippen LogP contribution < -0.4 is 11.1 Å². The lowest BCUT2D eigenvalue weighted by molar-refractivity contribution is -0.145. The first-order chi connectivity index (χ1) is 12.5. The number of amides is 1. The number of benzene rings is 1. The van der Waals surface area contributed by atoms with E-state index in [1.165, 1.54) is 14.2 Å². The van der Waals surface area contributed by atoms with Gasteiger partial charge in [-0.1, -0.05) is 18.2 Å². The predicted molar refractivity (Wildman–Crippen MR) is 95.2 cm³/mol. The van der Waals surface area contributed by atoms with Crippen molar-refractivity contribution in [1.29, 1.82) is 0 Å². The second kappa shape index (κ2) is 9.00. The molecule has 2 rings (SSSR count). The van der Waals surface area contributed by atoms with Gasteiger partial charge in [-0.3, -0.25) is 9.59 Å². The third-order valence-electron chi connectivity index (χ3n) is 4.11. The number of hydrogen-bond acceptors (Lipinski definition) is 6. The summed E-state index contributed by atoms with van der Waals surface area (Å²) in [6, 6.07) is 5.97. The van der Waals surface area contributed by atoms with Gasteiger partial charge < -0.3 is 25.5 Å². The third kappa shape index (κ3) is 4.82. The largest absolute Gasteiger partial charge is 0.468 e. The number of carbonyl (C=O) groups excluding carboxylic acids is 3. The van der Waals surface area contributed by atoms with Crippen molar-refractivity contribution >= 4 is 28.7 Å². The normalized spacial score (nSPS) is 13.0. The summed E-state index contributed by atoms with van der Waals surface area (Å²) in [6.07, 6.45) is 2.21. The van der Waals surface area contributed by atoms with E-state index in [9.17, 15) is 14.4 Å². The molecule has 0 saturated carbocycles. The first-order valence-electron chi connectivity index (χ1n) is 8.21. The average Bonchev–Trinajstić information content (AvgIpc) is 3.07. The van der Waals surface area contributed by atoms with E-state index in [0.717, 1.165) is 16.5 Å². The number of para-hydroxylation sites is 1. The summed E-state index contributed by atoms with van der Waals surface area (Å²) in [6.45, 7) is 0. The zero-order valence-electron chi connectivity index (χ0n) is 14.8. The van der Waals surface area contributed by atoms with E-state index in [2.05, 4.69) is 15.0 Å². The van der Waals surface area contributed by atoms with Gasteiger partial charge in [0, 0.05) is 29.9 Å². The average molecular weight is 361 g/mol. The fourth-order valence-electron chi connectivity index (χ4n) is 2.68. The summed E-state index contributed by atoms with van der Waals surface area (Å²) < 4.78 is 9.31. The highest BCUT2D eigenvalue weighted by Gasteiger charge is 2.24. The van der Waals surface area contributed by atoms with Crippen LogP contribution in [0.4, 0.5) is 0 Å². The number of nitrogens with one attached hydrogen (secondary N) is 2. The van der Waals surface area contributed by atoms with Gasteiger partial charge in [0.1, 0.15) is 12.1 Å². The summed E-state index contributed by atoms with van der Waals surface area (Å²) in [4.78, 5) is 38.6. The molecule has 1 aromatic heterocycles. The van der Waals surface area contributed by atoms with Crippen LogP contribution in [0.25, 0.3) is 10.9 Å². The molecule has 0 saturated heterocycles. The van der Waals surface area contributed by atoms with Crippen molar-refractivity contribution in [3.8, 4) is 0 Å². The van der Waals surface area contributed by atoms with Gasteiger partial charge in [0.05, 0.1) is 14.2 Å². The first kappa shape index (κ1) is 19.5. The molecule has 140 valence electrons. The Hall–Kier alpha value is -2.87. The van der Waals surface area contributed by atoms with Crippen molar-refractivity contribution < 1.29 is 23.9 Å². The Kier molecular flexibility index (Phi) is 6.74. The van der Waals surface area contributed by atoms with Crippen LogP contribution in [0.1, 0.15) is 18.4 Å². The summed E-state index contributed by atoms with van der Waals surface area (Å²) in [5, 5.41) is 3.62. The molecular weight excluding hydrogens is 338 g/mol. The third-order valence-corrected chi connectivity index (χ3v) is 4.11. The van der Waals surface area contributed by atoms with Crippen LogP contribution in [0.15, 0.2) is 30.5 Å². The van der Waals surface area contributed by atoms with E-state index in [1.807, 2.05) is 24.3 Å². The molecule has 26 heavy (non-hydrogen) atoms. The maximum absolute atomic E-state index is 12.1. The number of carbonyl (C=O) groups is 3. The Morgan fingerprint density at radius 1 is 1.15 bits per heavy atom. The molecule has 8 heteroatoms. The molecule has 0 radical (unpaired) electrons. The summed E-state index contributed by atoms with van der Waals surface area (Å²) in [5.74, 6) is -1.51. The van der Waals surface area contributed by atoms with Crippen LogP contribution >= 0.6 is 0 Å². The number of aromatic nitrogens is 1. The van der Waals surface area contributed by atoms with Crippen molar-refractivity contribution in [1.82, 2.24) is 10.3 Å². The smallest absolute Gasteiger partial charge is 0.328 e. The minimum atomic E-state index is -0.879. The number of ether oxygens (including phenoxy) is 2. The maximum Gasteiger partial charge on any atom is 0.328 e. The van der Waals surface area contributed by atoms with Crippen LogP contribution in [0.5, 0.6) is 0 Å². The van der Waals surface area contributed by atoms with E-state index in [0.29, 0.717) is 0 Å². The Balaban J connectivity index is 2.02. The van der Waals surface area contributed by atoms with E-state index in [4.69, 9.17) is 10.5 Å². The van der Waals surface area contributed by atoms with Crippen LogP contribution in [0, 0.1) is 0 Å². The number of hydrogen-bond donors (Lipinski definition) is 3. The van der Waals surface area contributed by atoms with Crippen LogP contribution in [-0.4, -0.2) is 49.1 Å². The van der Waals surface area contributed by atoms with E-state index < -0.39 is 24.0 Å². The molecule has 2 atom stereocenters. The van der Waals surface area contributed by atoms with Gasteiger partial charge in [0.15, 0.2) is 0 Å². The van der Waals surface area contributed by atoms with Gasteiger partial charge in [0.25, 0.3) is 0 Å². The minimum Gasteiger partial charge on any atom is -0.468 e. The second-order valence-electron chi connectivity index (χ2n) is 5.88. The lowest BCUT2D eigenvalue weighted by Gasteiger charge is -2.17. The quantitative estimate of drug-likeness (QED) is 0.593.